The average molecular weight is 342 g/mol. The Morgan fingerprint density at radius 3 is 2.50 bits per heavy atom. The molecular weight excluding hydrogens is 320 g/mol. The van der Waals surface area contributed by atoms with Crippen molar-refractivity contribution in [3.8, 4) is 6.07 Å². The van der Waals surface area contributed by atoms with Crippen LogP contribution in [0, 0.1) is 22.7 Å². The summed E-state index contributed by atoms with van der Waals surface area (Å²) in [7, 11) is 0. The van der Waals surface area contributed by atoms with E-state index in [1.54, 1.807) is 0 Å². The first kappa shape index (κ1) is 16.7. The van der Waals surface area contributed by atoms with E-state index in [1.807, 2.05) is 48.5 Å². The Hall–Kier alpha value is -2.73. The van der Waals surface area contributed by atoms with Crippen LogP contribution >= 0.6 is 0 Å². The number of carbonyl (C=O) groups is 1. The molecular formula is C23H22N2O. The molecule has 0 saturated heterocycles. The largest absolute Gasteiger partial charge is 0.272 e. The Balaban J connectivity index is 1.74. The van der Waals surface area contributed by atoms with Gasteiger partial charge in [-0.2, -0.15) is 5.26 Å². The molecule has 2 aliphatic rings. The first-order valence-corrected chi connectivity index (χ1v) is 9.35. The molecule has 0 aliphatic heterocycles. The molecule has 1 atom stereocenters. The number of hydrogen-bond acceptors (Lipinski definition) is 2. The molecule has 0 N–H and O–H groups in total. The maximum absolute atomic E-state index is 12.7. The van der Waals surface area contributed by atoms with Crippen LogP contribution in [-0.2, 0) is 17.6 Å². The van der Waals surface area contributed by atoms with E-state index in [4.69, 9.17) is 0 Å². The maximum atomic E-state index is 12.7. The van der Waals surface area contributed by atoms with E-state index in [1.165, 1.54) is 5.56 Å². The zero-order valence-electron chi connectivity index (χ0n) is 14.8. The fraction of sp³-hybridized carbons (Fsp3) is 0.348. The smallest absolute Gasteiger partial charge is 0.250 e. The van der Waals surface area contributed by atoms with Gasteiger partial charge in [0.2, 0.25) is 5.91 Å². The quantitative estimate of drug-likeness (QED) is 0.807. The summed E-state index contributed by atoms with van der Waals surface area (Å²) >= 11 is 0. The van der Waals surface area contributed by atoms with Crippen LogP contribution < -0.4 is 0 Å². The minimum atomic E-state index is -0.292. The molecule has 0 heterocycles. The molecule has 3 nitrogen and oxygen atoms in total. The summed E-state index contributed by atoms with van der Waals surface area (Å²) in [4.78, 5) is 17.2. The van der Waals surface area contributed by atoms with Crippen molar-refractivity contribution in [3.63, 3.8) is 0 Å². The molecule has 130 valence electrons. The average Bonchev–Trinajstić information content (AvgIpc) is 3.11. The standard InChI is InChI=1S/C23H22N2O/c24-16-20-22(25-21(26)14-17-8-2-1-3-9-17)19-11-5-4-10-18(19)15-23(20)12-6-7-13-23/h1-5,8-11,20H,6-7,12-15H2. The lowest BCUT2D eigenvalue weighted by atomic mass is 9.63. The van der Waals surface area contributed by atoms with Crippen LogP contribution in [0.5, 0.6) is 0 Å². The number of amides is 1. The van der Waals surface area contributed by atoms with Crippen molar-refractivity contribution >= 4 is 11.6 Å². The van der Waals surface area contributed by atoms with Crippen molar-refractivity contribution in [2.75, 3.05) is 0 Å². The van der Waals surface area contributed by atoms with Crippen LogP contribution in [0.4, 0.5) is 0 Å². The van der Waals surface area contributed by atoms with Crippen molar-refractivity contribution in [2.24, 2.45) is 16.3 Å². The van der Waals surface area contributed by atoms with Gasteiger partial charge in [-0.1, -0.05) is 67.4 Å². The van der Waals surface area contributed by atoms with E-state index in [2.05, 4.69) is 17.1 Å². The lowest BCUT2D eigenvalue weighted by Gasteiger charge is -2.39. The van der Waals surface area contributed by atoms with Crippen molar-refractivity contribution in [1.29, 1.82) is 5.26 Å². The van der Waals surface area contributed by atoms with Crippen LogP contribution in [0.3, 0.4) is 0 Å². The normalized spacial score (nSPS) is 22.1. The number of carbonyl (C=O) groups excluding carboxylic acids is 1. The molecule has 2 aromatic rings. The van der Waals surface area contributed by atoms with Crippen LogP contribution in [0.2, 0.25) is 0 Å². The molecule has 1 fully saturated rings. The molecule has 1 unspecified atom stereocenters. The summed E-state index contributed by atoms with van der Waals surface area (Å²) < 4.78 is 0. The molecule has 0 radical (unpaired) electrons. The summed E-state index contributed by atoms with van der Waals surface area (Å²) in [5.74, 6) is -0.462. The third kappa shape index (κ3) is 2.97. The van der Waals surface area contributed by atoms with Crippen LogP contribution in [0.15, 0.2) is 59.6 Å². The summed E-state index contributed by atoms with van der Waals surface area (Å²) in [6, 6.07) is 20.3. The lowest BCUT2D eigenvalue weighted by Crippen LogP contribution is -2.40. The number of fused-ring (bicyclic) bond motifs is 1. The molecule has 1 spiro atoms. The number of nitriles is 1. The summed E-state index contributed by atoms with van der Waals surface area (Å²) in [5, 5.41) is 9.97. The van der Waals surface area contributed by atoms with Gasteiger partial charge in [0, 0.05) is 5.56 Å². The van der Waals surface area contributed by atoms with E-state index in [0.29, 0.717) is 5.71 Å². The van der Waals surface area contributed by atoms with Gasteiger partial charge in [0.05, 0.1) is 24.1 Å². The maximum Gasteiger partial charge on any atom is 0.250 e. The number of rotatable bonds is 2. The Kier molecular flexibility index (Phi) is 4.42. The third-order valence-electron chi connectivity index (χ3n) is 5.89. The molecule has 26 heavy (non-hydrogen) atoms. The molecule has 0 aromatic heterocycles. The number of aliphatic imine (C=N–C) groups is 1. The van der Waals surface area contributed by atoms with Crippen molar-refractivity contribution in [3.05, 3.63) is 71.3 Å². The zero-order valence-corrected chi connectivity index (χ0v) is 14.8. The molecule has 0 bridgehead atoms. The van der Waals surface area contributed by atoms with E-state index >= 15 is 0 Å². The highest BCUT2D eigenvalue weighted by molar-refractivity contribution is 6.11. The third-order valence-corrected chi connectivity index (χ3v) is 5.89. The van der Waals surface area contributed by atoms with Gasteiger partial charge in [0.15, 0.2) is 0 Å². The highest BCUT2D eigenvalue weighted by Gasteiger charge is 2.48. The number of nitrogens with zero attached hydrogens (tertiary/aromatic N) is 2. The monoisotopic (exact) mass is 342 g/mol. The second kappa shape index (κ2) is 6.88. The van der Waals surface area contributed by atoms with Gasteiger partial charge in [0.1, 0.15) is 0 Å². The van der Waals surface area contributed by atoms with Gasteiger partial charge < -0.3 is 0 Å². The van der Waals surface area contributed by atoms with Crippen LogP contribution in [-0.4, -0.2) is 11.6 Å². The number of benzene rings is 2. The minimum absolute atomic E-state index is 0.0467. The van der Waals surface area contributed by atoms with Crippen LogP contribution in [0.1, 0.15) is 42.4 Å². The van der Waals surface area contributed by atoms with E-state index < -0.39 is 0 Å². The van der Waals surface area contributed by atoms with Gasteiger partial charge in [-0.15, -0.1) is 0 Å². The highest BCUT2D eigenvalue weighted by atomic mass is 16.1. The second-order valence-corrected chi connectivity index (χ2v) is 7.52. The highest BCUT2D eigenvalue weighted by Crippen LogP contribution is 2.51. The Morgan fingerprint density at radius 2 is 1.77 bits per heavy atom. The molecule has 2 aliphatic carbocycles. The summed E-state index contributed by atoms with van der Waals surface area (Å²) in [6.07, 6.45) is 5.61. The zero-order chi connectivity index (χ0) is 18.0. The second-order valence-electron chi connectivity index (χ2n) is 7.52. The van der Waals surface area contributed by atoms with Gasteiger partial charge in [0.25, 0.3) is 0 Å². The van der Waals surface area contributed by atoms with Crippen LogP contribution in [0.25, 0.3) is 0 Å². The fourth-order valence-electron chi connectivity index (χ4n) is 4.66. The summed E-state index contributed by atoms with van der Waals surface area (Å²) in [6.45, 7) is 0. The van der Waals surface area contributed by atoms with Crippen molar-refractivity contribution < 1.29 is 4.79 Å². The molecule has 1 amide bonds. The Bertz CT molecular complexity index is 886. The predicted octanol–water partition coefficient (Wildman–Crippen LogP) is 4.50. The predicted molar refractivity (Wildman–Crippen MR) is 102 cm³/mol. The first-order chi connectivity index (χ1) is 12.7. The SMILES string of the molecule is N#CC1C(=NC(=O)Cc2ccccc2)c2ccccc2CC12CCCC2. The lowest BCUT2D eigenvalue weighted by molar-refractivity contribution is -0.117. The van der Waals surface area contributed by atoms with E-state index in [9.17, 15) is 10.1 Å². The van der Waals surface area contributed by atoms with Gasteiger partial charge >= 0.3 is 0 Å². The number of hydrogen-bond donors (Lipinski definition) is 0. The van der Waals surface area contributed by atoms with Crippen molar-refractivity contribution in [1.82, 2.24) is 0 Å². The molecule has 1 saturated carbocycles. The Morgan fingerprint density at radius 1 is 1.08 bits per heavy atom. The van der Waals surface area contributed by atoms with Gasteiger partial charge in [-0.3, -0.25) is 4.79 Å². The first-order valence-electron chi connectivity index (χ1n) is 9.35. The summed E-state index contributed by atoms with van der Waals surface area (Å²) in [5.41, 5.74) is 3.81. The minimum Gasteiger partial charge on any atom is -0.272 e. The van der Waals surface area contributed by atoms with Crippen molar-refractivity contribution in [2.45, 2.75) is 38.5 Å². The molecule has 3 heteroatoms. The van der Waals surface area contributed by atoms with Gasteiger partial charge in [-0.25, -0.2) is 4.99 Å². The fourth-order valence-corrected chi connectivity index (χ4v) is 4.66. The topological polar surface area (TPSA) is 53.2 Å². The van der Waals surface area contributed by atoms with E-state index in [-0.39, 0.29) is 23.7 Å². The molecule has 2 aromatic carbocycles. The van der Waals surface area contributed by atoms with E-state index in [0.717, 1.165) is 43.2 Å². The Labute approximate surface area is 154 Å². The van der Waals surface area contributed by atoms with Gasteiger partial charge in [-0.05, 0) is 35.8 Å². The molecule has 4 rings (SSSR count).